The maximum Gasteiger partial charge on any atom is 0.409 e. The number of carboxylic acid groups (broad SMARTS) is 1. The molecule has 0 aliphatic carbocycles. The second-order valence-corrected chi connectivity index (χ2v) is 15.6. The minimum absolute atomic E-state index is 0.00302. The molecule has 2 aliphatic heterocycles. The summed E-state index contributed by atoms with van der Waals surface area (Å²) in [7, 11) is 3.23. The Hall–Kier alpha value is -3.66. The highest BCUT2D eigenvalue weighted by Crippen LogP contribution is 2.38. The number of nitrogens with one attached hydrogen (secondary N) is 1. The first-order valence-electron chi connectivity index (χ1n) is 18.9. The lowest BCUT2D eigenvalue weighted by Gasteiger charge is -2.33. The predicted octanol–water partition coefficient (Wildman–Crippen LogP) is 4.23. The van der Waals surface area contributed by atoms with Gasteiger partial charge in [0.25, 0.3) is 0 Å². The fraction of sp³-hybridized carbons (Fsp3) is 0.744. The van der Waals surface area contributed by atoms with Gasteiger partial charge in [0.15, 0.2) is 11.5 Å². The van der Waals surface area contributed by atoms with Crippen molar-refractivity contribution >= 4 is 23.9 Å². The third-order valence-corrected chi connectivity index (χ3v) is 10.4. The number of hydrogen-bond acceptors (Lipinski definition) is 11. The Morgan fingerprint density at radius 2 is 1.70 bits per heavy atom. The minimum atomic E-state index is -1.17. The van der Waals surface area contributed by atoms with Crippen molar-refractivity contribution in [3.63, 3.8) is 0 Å². The van der Waals surface area contributed by atoms with Crippen LogP contribution >= 0.6 is 0 Å². The first-order valence-corrected chi connectivity index (χ1v) is 18.9. The van der Waals surface area contributed by atoms with E-state index in [1.54, 1.807) is 28.1 Å². The van der Waals surface area contributed by atoms with Gasteiger partial charge in [-0.3, -0.25) is 19.3 Å². The Bertz CT molecular complexity index is 1370. The topological polar surface area (TPSA) is 194 Å². The summed E-state index contributed by atoms with van der Waals surface area (Å²) >= 11 is 0. The van der Waals surface area contributed by atoms with E-state index in [2.05, 4.69) is 19.2 Å². The smallest absolute Gasteiger partial charge is 0.409 e. The molecule has 4 N–H and O–H groups in total. The number of ether oxygens (including phenoxy) is 7. The zero-order valence-electron chi connectivity index (χ0n) is 33.3. The molecule has 1 aromatic rings. The van der Waals surface area contributed by atoms with E-state index in [1.165, 1.54) is 4.90 Å². The summed E-state index contributed by atoms with van der Waals surface area (Å²) in [5.41, 5.74) is 5.60. The van der Waals surface area contributed by atoms with Gasteiger partial charge in [0, 0.05) is 39.0 Å². The molecule has 5 atom stereocenters. The van der Waals surface area contributed by atoms with Crippen LogP contribution in [0.3, 0.4) is 0 Å². The second-order valence-electron chi connectivity index (χ2n) is 15.6. The molecule has 2 fully saturated rings. The monoisotopic (exact) mass is 765 g/mol. The van der Waals surface area contributed by atoms with Crippen LogP contribution < -0.4 is 20.5 Å². The molecule has 0 saturated carbocycles. The standard InChI is InChI=1S/C39H63N3O12/c1-24(2)27(16-26-10-11-31(49-8)33(17-26)52-14-9-13-48-7)18-30-32(19-29(25(3)4)35(43)41-22-39(5,6)37(40)45)54-34(42(30)38(46)47)12-15-53-36(44)28-20-50-23-51-21-28/h10-11,17,24-25,27-30,32,34H,9,12-16,18-23H2,1-8H3,(H2,40,45)(H,41,43)(H,46,47)/t27-,29-,30-,32?,34?/m0/s1. The fourth-order valence-corrected chi connectivity index (χ4v) is 6.71. The Balaban J connectivity index is 1.88. The van der Waals surface area contributed by atoms with E-state index in [0.717, 1.165) is 5.56 Å². The summed E-state index contributed by atoms with van der Waals surface area (Å²) in [6.07, 6.45) is -0.630. The van der Waals surface area contributed by atoms with E-state index in [9.17, 15) is 24.3 Å². The third kappa shape index (κ3) is 13.0. The van der Waals surface area contributed by atoms with Gasteiger partial charge in [-0.1, -0.05) is 33.8 Å². The minimum Gasteiger partial charge on any atom is -0.493 e. The molecule has 306 valence electrons. The van der Waals surface area contributed by atoms with Crippen molar-refractivity contribution in [3.05, 3.63) is 23.8 Å². The predicted molar refractivity (Wildman–Crippen MR) is 199 cm³/mol. The molecule has 1 aromatic carbocycles. The molecule has 0 bridgehead atoms. The first kappa shape index (κ1) is 44.7. The van der Waals surface area contributed by atoms with Crippen molar-refractivity contribution in [2.75, 3.05) is 60.6 Å². The van der Waals surface area contributed by atoms with E-state index < -0.39 is 53.6 Å². The molecule has 2 aliphatic rings. The number of nitrogens with zero attached hydrogens (tertiary/aromatic N) is 1. The fourth-order valence-electron chi connectivity index (χ4n) is 6.71. The number of nitrogens with two attached hydrogens (primary N) is 1. The molecule has 3 amide bonds. The van der Waals surface area contributed by atoms with Crippen LogP contribution in [0.1, 0.15) is 72.8 Å². The van der Waals surface area contributed by atoms with E-state index in [0.29, 0.717) is 44.0 Å². The van der Waals surface area contributed by atoms with Gasteiger partial charge in [0.05, 0.1) is 51.1 Å². The number of carbonyl (C=O) groups is 4. The average Bonchev–Trinajstić information content (AvgIpc) is 3.47. The van der Waals surface area contributed by atoms with Gasteiger partial charge < -0.3 is 49.3 Å². The van der Waals surface area contributed by atoms with Crippen molar-refractivity contribution in [2.45, 2.75) is 92.0 Å². The highest BCUT2D eigenvalue weighted by Gasteiger charge is 2.47. The molecular formula is C39H63N3O12. The Kier molecular flexibility index (Phi) is 17.8. The molecule has 15 heteroatoms. The van der Waals surface area contributed by atoms with Gasteiger partial charge in [-0.05, 0) is 68.6 Å². The van der Waals surface area contributed by atoms with Crippen molar-refractivity contribution in [1.29, 1.82) is 0 Å². The lowest BCUT2D eigenvalue weighted by atomic mass is 9.80. The average molecular weight is 766 g/mol. The van der Waals surface area contributed by atoms with Crippen LogP contribution in [0.5, 0.6) is 11.5 Å². The van der Waals surface area contributed by atoms with Crippen LogP contribution in [0.2, 0.25) is 0 Å². The number of esters is 1. The van der Waals surface area contributed by atoms with Gasteiger partial charge in [-0.2, -0.15) is 0 Å². The van der Waals surface area contributed by atoms with Gasteiger partial charge in [-0.15, -0.1) is 0 Å². The Morgan fingerprint density at radius 3 is 2.30 bits per heavy atom. The molecule has 3 rings (SSSR count). The third-order valence-electron chi connectivity index (χ3n) is 10.4. The van der Waals surface area contributed by atoms with Crippen LogP contribution in [0.15, 0.2) is 18.2 Å². The molecule has 0 spiro atoms. The number of primary amides is 1. The lowest BCUT2D eigenvalue weighted by molar-refractivity contribution is -0.172. The number of hydrogen-bond donors (Lipinski definition) is 3. The maximum atomic E-state index is 13.7. The molecule has 2 saturated heterocycles. The van der Waals surface area contributed by atoms with Crippen molar-refractivity contribution in [3.8, 4) is 11.5 Å². The largest absolute Gasteiger partial charge is 0.493 e. The van der Waals surface area contributed by atoms with Crippen molar-refractivity contribution in [1.82, 2.24) is 10.2 Å². The van der Waals surface area contributed by atoms with E-state index in [-0.39, 0.29) is 69.7 Å². The summed E-state index contributed by atoms with van der Waals surface area (Å²) < 4.78 is 39.2. The van der Waals surface area contributed by atoms with Crippen LogP contribution in [-0.2, 0) is 44.5 Å². The highest BCUT2D eigenvalue weighted by molar-refractivity contribution is 5.83. The zero-order chi connectivity index (χ0) is 40.0. The Morgan fingerprint density at radius 1 is 1.00 bits per heavy atom. The lowest BCUT2D eigenvalue weighted by Crippen LogP contribution is -2.47. The summed E-state index contributed by atoms with van der Waals surface area (Å²) in [5.74, 6) is -1.16. The molecule has 0 radical (unpaired) electrons. The van der Waals surface area contributed by atoms with Crippen molar-refractivity contribution in [2.24, 2.45) is 40.7 Å². The van der Waals surface area contributed by atoms with Gasteiger partial charge in [-0.25, -0.2) is 4.79 Å². The second kappa shape index (κ2) is 21.4. The molecular weight excluding hydrogens is 702 g/mol. The van der Waals surface area contributed by atoms with Crippen LogP contribution in [0.25, 0.3) is 0 Å². The highest BCUT2D eigenvalue weighted by atomic mass is 16.7. The van der Waals surface area contributed by atoms with Gasteiger partial charge in [0.1, 0.15) is 18.9 Å². The number of rotatable bonds is 22. The zero-order valence-corrected chi connectivity index (χ0v) is 33.3. The first-order chi connectivity index (χ1) is 25.6. The summed E-state index contributed by atoms with van der Waals surface area (Å²) in [4.78, 5) is 52.7. The van der Waals surface area contributed by atoms with E-state index in [1.807, 2.05) is 32.0 Å². The van der Waals surface area contributed by atoms with Gasteiger partial charge in [0.2, 0.25) is 11.8 Å². The molecule has 2 unspecified atom stereocenters. The molecule has 15 nitrogen and oxygen atoms in total. The summed E-state index contributed by atoms with van der Waals surface area (Å²) in [5, 5.41) is 13.6. The molecule has 0 aromatic heterocycles. The van der Waals surface area contributed by atoms with Crippen LogP contribution in [0, 0.1) is 35.0 Å². The van der Waals surface area contributed by atoms with E-state index in [4.69, 9.17) is 38.9 Å². The number of carbonyl (C=O) groups excluding carboxylic acids is 3. The SMILES string of the molecule is COCCCOc1cc(C[C@@H](C[C@H]2C(C[C@H](C(=O)NCC(C)(C)C(N)=O)C(C)C)OC(CCOC(=O)C3COCOC3)N2C(=O)O)C(C)C)ccc1OC. The van der Waals surface area contributed by atoms with Gasteiger partial charge >= 0.3 is 12.1 Å². The van der Waals surface area contributed by atoms with E-state index >= 15 is 0 Å². The van der Waals surface area contributed by atoms with Crippen LogP contribution in [0.4, 0.5) is 4.79 Å². The summed E-state index contributed by atoms with van der Waals surface area (Å²) in [6, 6.07) is 5.21. The Labute approximate surface area is 319 Å². The maximum absolute atomic E-state index is 13.7. The molecule has 54 heavy (non-hydrogen) atoms. The number of benzene rings is 1. The number of amides is 3. The summed E-state index contributed by atoms with van der Waals surface area (Å²) in [6.45, 7) is 12.9. The quantitative estimate of drug-likeness (QED) is 0.113. The normalized spacial score (nSPS) is 20.5. The number of methoxy groups -OCH3 is 2. The van der Waals surface area contributed by atoms with Crippen molar-refractivity contribution < 1.29 is 57.4 Å². The molecule has 2 heterocycles. The van der Waals surface area contributed by atoms with Crippen LogP contribution in [-0.4, -0.2) is 113 Å².